The van der Waals surface area contributed by atoms with Crippen LogP contribution < -0.4 is 10.4 Å². The van der Waals surface area contributed by atoms with Crippen LogP contribution in [0.5, 0.6) is 5.75 Å². The van der Waals surface area contributed by atoms with Crippen LogP contribution in [-0.2, 0) is 16.6 Å². The standard InChI is InChI=1S/C19H22O5/c1-18(2,16-9-22-16)12-6-10-5-11-7-15(19(3,4)21)23-13(11)8-14(10)24-17(12)20/h5-6,8,15-16,21H,7,9H2,1-4H3. The maximum Gasteiger partial charge on any atom is 0.340 e. The van der Waals surface area contributed by atoms with Crippen LogP contribution in [0.1, 0.15) is 38.8 Å². The van der Waals surface area contributed by atoms with Crippen molar-refractivity contribution in [2.75, 3.05) is 6.61 Å². The zero-order valence-electron chi connectivity index (χ0n) is 14.4. The molecule has 2 atom stereocenters. The molecule has 128 valence electrons. The topological polar surface area (TPSA) is 72.2 Å². The fourth-order valence-corrected chi connectivity index (χ4v) is 3.34. The van der Waals surface area contributed by atoms with Gasteiger partial charge < -0.3 is 19.0 Å². The summed E-state index contributed by atoms with van der Waals surface area (Å²) in [6.45, 7) is 8.15. The van der Waals surface area contributed by atoms with Gasteiger partial charge in [0.1, 0.15) is 17.4 Å². The highest BCUT2D eigenvalue weighted by molar-refractivity contribution is 5.80. The zero-order chi connectivity index (χ0) is 17.3. The normalized spacial score (nSPS) is 23.2. The molecular formula is C19H22O5. The molecular weight excluding hydrogens is 308 g/mol. The van der Waals surface area contributed by atoms with E-state index >= 15 is 0 Å². The summed E-state index contributed by atoms with van der Waals surface area (Å²) in [7, 11) is 0. The number of hydrogen-bond donors (Lipinski definition) is 1. The molecule has 2 aliphatic heterocycles. The second-order valence-electron chi connectivity index (χ2n) is 7.95. The Morgan fingerprint density at radius 2 is 1.83 bits per heavy atom. The van der Waals surface area contributed by atoms with Crippen LogP contribution >= 0.6 is 0 Å². The molecule has 3 heterocycles. The van der Waals surface area contributed by atoms with Crippen molar-refractivity contribution in [2.24, 2.45) is 0 Å². The van der Waals surface area contributed by atoms with Crippen molar-refractivity contribution < 1.29 is 19.0 Å². The first-order valence-electron chi connectivity index (χ1n) is 8.28. The number of fused-ring (bicyclic) bond motifs is 2. The SMILES string of the molecule is CC(C)(O)C1Cc2cc3cc(C(C)(C)C4CO4)c(=O)oc3cc2O1. The van der Waals surface area contributed by atoms with E-state index in [0.717, 1.165) is 10.9 Å². The largest absolute Gasteiger partial charge is 0.487 e. The Morgan fingerprint density at radius 1 is 1.12 bits per heavy atom. The van der Waals surface area contributed by atoms with Crippen LogP contribution in [0.3, 0.4) is 0 Å². The number of rotatable bonds is 3. The van der Waals surface area contributed by atoms with Gasteiger partial charge in [0.2, 0.25) is 0 Å². The van der Waals surface area contributed by atoms with Crippen LogP contribution in [0.15, 0.2) is 27.4 Å². The van der Waals surface area contributed by atoms with Gasteiger partial charge in [-0.2, -0.15) is 0 Å². The average molecular weight is 330 g/mol. The van der Waals surface area contributed by atoms with Gasteiger partial charge in [0.05, 0.1) is 18.3 Å². The fourth-order valence-electron chi connectivity index (χ4n) is 3.34. The third-order valence-corrected chi connectivity index (χ3v) is 5.21. The Kier molecular flexibility index (Phi) is 3.15. The lowest BCUT2D eigenvalue weighted by atomic mass is 9.82. The van der Waals surface area contributed by atoms with E-state index in [9.17, 15) is 9.90 Å². The maximum absolute atomic E-state index is 12.4. The lowest BCUT2D eigenvalue weighted by molar-refractivity contribution is -0.0229. The van der Waals surface area contributed by atoms with E-state index < -0.39 is 5.60 Å². The molecule has 0 spiro atoms. The summed E-state index contributed by atoms with van der Waals surface area (Å²) in [5.41, 5.74) is 0.527. The van der Waals surface area contributed by atoms with Gasteiger partial charge in [-0.05, 0) is 31.5 Å². The minimum Gasteiger partial charge on any atom is -0.487 e. The van der Waals surface area contributed by atoms with Crippen LogP contribution in [-0.4, -0.2) is 29.5 Å². The predicted molar refractivity (Wildman–Crippen MR) is 89.7 cm³/mol. The quantitative estimate of drug-likeness (QED) is 0.692. The monoisotopic (exact) mass is 330 g/mol. The van der Waals surface area contributed by atoms with Crippen LogP contribution in [0.25, 0.3) is 11.0 Å². The lowest BCUT2D eigenvalue weighted by Gasteiger charge is -2.24. The molecule has 0 amide bonds. The molecule has 4 rings (SSSR count). The van der Waals surface area contributed by atoms with E-state index in [0.29, 0.717) is 29.9 Å². The van der Waals surface area contributed by atoms with Gasteiger partial charge in [-0.25, -0.2) is 4.79 Å². The summed E-state index contributed by atoms with van der Waals surface area (Å²) in [6.07, 6.45) is 0.403. The van der Waals surface area contributed by atoms with Crippen LogP contribution in [0.2, 0.25) is 0 Å². The van der Waals surface area contributed by atoms with E-state index in [1.165, 1.54) is 0 Å². The van der Waals surface area contributed by atoms with E-state index in [-0.39, 0.29) is 23.2 Å². The zero-order valence-corrected chi connectivity index (χ0v) is 14.4. The van der Waals surface area contributed by atoms with Gasteiger partial charge >= 0.3 is 5.63 Å². The summed E-state index contributed by atoms with van der Waals surface area (Å²) in [4.78, 5) is 12.4. The molecule has 1 N–H and O–H groups in total. The molecule has 1 saturated heterocycles. The Labute approximate surface area is 140 Å². The van der Waals surface area contributed by atoms with Gasteiger partial charge in [-0.1, -0.05) is 13.8 Å². The number of hydrogen-bond acceptors (Lipinski definition) is 5. The third kappa shape index (κ3) is 2.43. The molecule has 1 fully saturated rings. The minimum atomic E-state index is -0.928. The highest BCUT2D eigenvalue weighted by Crippen LogP contribution is 2.38. The van der Waals surface area contributed by atoms with Crippen molar-refractivity contribution in [3.05, 3.63) is 39.7 Å². The first kappa shape index (κ1) is 15.7. The van der Waals surface area contributed by atoms with E-state index in [1.54, 1.807) is 19.9 Å². The predicted octanol–water partition coefficient (Wildman–Crippen LogP) is 2.54. The minimum absolute atomic E-state index is 0.0650. The maximum atomic E-state index is 12.4. The second kappa shape index (κ2) is 4.83. The van der Waals surface area contributed by atoms with E-state index in [4.69, 9.17) is 13.9 Å². The van der Waals surface area contributed by atoms with Crippen molar-refractivity contribution >= 4 is 11.0 Å². The van der Waals surface area contributed by atoms with E-state index in [2.05, 4.69) is 0 Å². The molecule has 0 radical (unpaired) electrons. The van der Waals surface area contributed by atoms with Crippen molar-refractivity contribution in [1.29, 1.82) is 0 Å². The van der Waals surface area contributed by atoms with E-state index in [1.807, 2.05) is 26.0 Å². The molecule has 2 aromatic rings. The molecule has 2 aliphatic rings. The first-order valence-corrected chi connectivity index (χ1v) is 8.28. The summed E-state index contributed by atoms with van der Waals surface area (Å²) in [5.74, 6) is 0.676. The summed E-state index contributed by atoms with van der Waals surface area (Å²) < 4.78 is 16.8. The molecule has 0 bridgehead atoms. The molecule has 2 unspecified atom stereocenters. The fraction of sp³-hybridized carbons (Fsp3) is 0.526. The Morgan fingerprint density at radius 3 is 2.46 bits per heavy atom. The highest BCUT2D eigenvalue weighted by Gasteiger charge is 2.43. The Balaban J connectivity index is 1.80. The van der Waals surface area contributed by atoms with Crippen LogP contribution in [0.4, 0.5) is 0 Å². The molecule has 1 aromatic carbocycles. The van der Waals surface area contributed by atoms with Crippen molar-refractivity contribution in [1.82, 2.24) is 0 Å². The van der Waals surface area contributed by atoms with Crippen LogP contribution in [0, 0.1) is 0 Å². The average Bonchev–Trinajstić information content (AvgIpc) is 3.24. The van der Waals surface area contributed by atoms with Crippen molar-refractivity contribution in [3.63, 3.8) is 0 Å². The number of ether oxygens (including phenoxy) is 2. The molecule has 0 aliphatic carbocycles. The second-order valence-corrected chi connectivity index (χ2v) is 7.95. The lowest BCUT2D eigenvalue weighted by Crippen LogP contribution is -2.39. The molecule has 24 heavy (non-hydrogen) atoms. The van der Waals surface area contributed by atoms with Gasteiger partial charge in [-0.15, -0.1) is 0 Å². The first-order chi connectivity index (χ1) is 11.2. The Bertz CT molecular complexity index is 868. The van der Waals surface area contributed by atoms with Gasteiger partial charge in [0.25, 0.3) is 0 Å². The third-order valence-electron chi connectivity index (χ3n) is 5.21. The molecule has 1 aromatic heterocycles. The summed E-state index contributed by atoms with van der Waals surface area (Å²) in [6, 6.07) is 5.65. The summed E-state index contributed by atoms with van der Waals surface area (Å²) >= 11 is 0. The Hall–Kier alpha value is -1.85. The van der Waals surface area contributed by atoms with Gasteiger partial charge in [0, 0.05) is 28.9 Å². The molecule has 5 heteroatoms. The highest BCUT2D eigenvalue weighted by atomic mass is 16.6. The molecule has 5 nitrogen and oxygen atoms in total. The number of aliphatic hydroxyl groups is 1. The molecule has 0 saturated carbocycles. The van der Waals surface area contributed by atoms with Crippen molar-refractivity contribution in [2.45, 2.75) is 57.3 Å². The smallest absolute Gasteiger partial charge is 0.340 e. The van der Waals surface area contributed by atoms with Crippen molar-refractivity contribution in [3.8, 4) is 5.75 Å². The number of epoxide rings is 1. The number of benzene rings is 1. The van der Waals surface area contributed by atoms with Gasteiger partial charge in [-0.3, -0.25) is 0 Å². The summed E-state index contributed by atoms with van der Waals surface area (Å²) in [5, 5.41) is 11.0. The van der Waals surface area contributed by atoms with Gasteiger partial charge in [0.15, 0.2) is 0 Å².